The maximum atomic E-state index is 3.19. The lowest BCUT2D eigenvalue weighted by Crippen LogP contribution is -2.33. The molecule has 0 atom stereocenters. The fourth-order valence-electron chi connectivity index (χ4n) is 1.65. The summed E-state index contributed by atoms with van der Waals surface area (Å²) >= 11 is 0. The van der Waals surface area contributed by atoms with Crippen molar-refractivity contribution >= 4 is 0 Å². The van der Waals surface area contributed by atoms with Crippen molar-refractivity contribution < 1.29 is 0 Å². The molecular weight excluding hydrogens is 160 g/mol. The Balaban J connectivity index is 2.08. The van der Waals surface area contributed by atoms with Gasteiger partial charge in [0.25, 0.3) is 0 Å². The highest BCUT2D eigenvalue weighted by atomic mass is 15.1. The Hall–Kier alpha value is -0.500. The van der Waals surface area contributed by atoms with E-state index in [1.807, 2.05) is 0 Å². The molecule has 0 aromatic rings. The minimum atomic E-state index is 0.939. The van der Waals surface area contributed by atoms with Crippen LogP contribution in [0.3, 0.4) is 0 Å². The van der Waals surface area contributed by atoms with Gasteiger partial charge in [0.1, 0.15) is 0 Å². The normalized spacial score (nSPS) is 21.1. The number of piperidine rings is 1. The summed E-state index contributed by atoms with van der Waals surface area (Å²) in [4.78, 5) is 2.52. The SMILES string of the molecule is CCNC=CCN1CCC(C)CC1. The van der Waals surface area contributed by atoms with Gasteiger partial charge in [-0.25, -0.2) is 0 Å². The molecule has 1 aliphatic heterocycles. The molecule has 1 rings (SSSR count). The third-order valence-corrected chi connectivity index (χ3v) is 2.68. The van der Waals surface area contributed by atoms with Crippen LogP contribution in [0.1, 0.15) is 26.7 Å². The van der Waals surface area contributed by atoms with Crippen LogP contribution in [-0.4, -0.2) is 31.1 Å². The maximum Gasteiger partial charge on any atom is 0.0180 e. The third kappa shape index (κ3) is 4.32. The Morgan fingerprint density at radius 3 is 2.69 bits per heavy atom. The molecule has 0 saturated carbocycles. The van der Waals surface area contributed by atoms with E-state index in [4.69, 9.17) is 0 Å². The Kier molecular flexibility index (Phi) is 4.91. The van der Waals surface area contributed by atoms with Gasteiger partial charge in [-0.15, -0.1) is 0 Å². The van der Waals surface area contributed by atoms with Crippen molar-refractivity contribution in [1.82, 2.24) is 10.2 Å². The molecule has 1 fully saturated rings. The Labute approximate surface area is 82.0 Å². The highest BCUT2D eigenvalue weighted by molar-refractivity contribution is 4.84. The van der Waals surface area contributed by atoms with Gasteiger partial charge in [-0.05, 0) is 45.0 Å². The van der Waals surface area contributed by atoms with Gasteiger partial charge < -0.3 is 5.32 Å². The first-order chi connectivity index (χ1) is 6.33. The lowest BCUT2D eigenvalue weighted by Gasteiger charge is -2.29. The summed E-state index contributed by atoms with van der Waals surface area (Å²) in [5, 5.41) is 3.19. The van der Waals surface area contributed by atoms with Crippen LogP contribution in [0, 0.1) is 5.92 Å². The maximum absolute atomic E-state index is 3.19. The molecule has 2 heteroatoms. The molecule has 0 unspecified atom stereocenters. The van der Waals surface area contributed by atoms with Crippen molar-refractivity contribution in [2.24, 2.45) is 5.92 Å². The Morgan fingerprint density at radius 1 is 1.38 bits per heavy atom. The van der Waals surface area contributed by atoms with Gasteiger partial charge in [0.15, 0.2) is 0 Å². The van der Waals surface area contributed by atoms with E-state index in [9.17, 15) is 0 Å². The predicted molar refractivity (Wildman–Crippen MR) is 57.7 cm³/mol. The lowest BCUT2D eigenvalue weighted by atomic mass is 9.99. The summed E-state index contributed by atoms with van der Waals surface area (Å²) < 4.78 is 0. The second kappa shape index (κ2) is 6.03. The van der Waals surface area contributed by atoms with Gasteiger partial charge >= 0.3 is 0 Å². The number of nitrogens with zero attached hydrogens (tertiary/aromatic N) is 1. The molecule has 76 valence electrons. The van der Waals surface area contributed by atoms with E-state index in [1.54, 1.807) is 0 Å². The highest BCUT2D eigenvalue weighted by Gasteiger charge is 2.13. The molecule has 1 saturated heterocycles. The van der Waals surface area contributed by atoms with E-state index in [1.165, 1.54) is 25.9 Å². The minimum absolute atomic E-state index is 0.939. The summed E-state index contributed by atoms with van der Waals surface area (Å²) in [5.74, 6) is 0.939. The lowest BCUT2D eigenvalue weighted by molar-refractivity contribution is 0.210. The second-order valence-electron chi connectivity index (χ2n) is 3.94. The molecule has 0 spiro atoms. The van der Waals surface area contributed by atoms with Gasteiger partial charge in [0.2, 0.25) is 0 Å². The summed E-state index contributed by atoms with van der Waals surface area (Å²) in [5.41, 5.74) is 0. The van der Waals surface area contributed by atoms with Crippen LogP contribution in [0.4, 0.5) is 0 Å². The fraction of sp³-hybridized carbons (Fsp3) is 0.818. The van der Waals surface area contributed by atoms with Crippen molar-refractivity contribution in [2.75, 3.05) is 26.2 Å². The van der Waals surface area contributed by atoms with Gasteiger partial charge in [0, 0.05) is 13.1 Å². The first kappa shape index (κ1) is 10.6. The zero-order valence-electron chi connectivity index (χ0n) is 8.92. The zero-order valence-corrected chi connectivity index (χ0v) is 8.92. The van der Waals surface area contributed by atoms with Crippen LogP contribution in [0.15, 0.2) is 12.3 Å². The van der Waals surface area contributed by atoms with Crippen LogP contribution < -0.4 is 5.32 Å². The molecule has 0 bridgehead atoms. The predicted octanol–water partition coefficient (Wildman–Crippen LogP) is 1.84. The molecule has 0 aromatic carbocycles. The molecule has 13 heavy (non-hydrogen) atoms. The standard InChI is InChI=1S/C11H22N2/c1-3-12-7-4-8-13-9-5-11(2)6-10-13/h4,7,11-12H,3,5-6,8-10H2,1-2H3. The van der Waals surface area contributed by atoms with E-state index in [2.05, 4.69) is 36.3 Å². The van der Waals surface area contributed by atoms with E-state index in [-0.39, 0.29) is 0 Å². The van der Waals surface area contributed by atoms with Crippen LogP contribution >= 0.6 is 0 Å². The minimum Gasteiger partial charge on any atom is -0.391 e. The Bertz CT molecular complexity index is 146. The second-order valence-corrected chi connectivity index (χ2v) is 3.94. The molecule has 2 nitrogen and oxygen atoms in total. The monoisotopic (exact) mass is 182 g/mol. The highest BCUT2D eigenvalue weighted by Crippen LogP contribution is 2.15. The van der Waals surface area contributed by atoms with Crippen molar-refractivity contribution in [1.29, 1.82) is 0 Å². The number of nitrogens with one attached hydrogen (secondary N) is 1. The Morgan fingerprint density at radius 2 is 2.08 bits per heavy atom. The van der Waals surface area contributed by atoms with Crippen molar-refractivity contribution in [2.45, 2.75) is 26.7 Å². The number of likely N-dealkylation sites (tertiary alicyclic amines) is 1. The van der Waals surface area contributed by atoms with Crippen LogP contribution in [0.5, 0.6) is 0 Å². The van der Waals surface area contributed by atoms with E-state index >= 15 is 0 Å². The van der Waals surface area contributed by atoms with E-state index < -0.39 is 0 Å². The number of hydrogen-bond donors (Lipinski definition) is 1. The zero-order chi connectivity index (χ0) is 9.52. The molecule has 0 amide bonds. The summed E-state index contributed by atoms with van der Waals surface area (Å²) in [6.07, 6.45) is 7.03. The van der Waals surface area contributed by atoms with Gasteiger partial charge in [-0.1, -0.05) is 13.0 Å². The van der Waals surface area contributed by atoms with Crippen LogP contribution in [0.2, 0.25) is 0 Å². The number of rotatable bonds is 4. The molecular formula is C11H22N2. The van der Waals surface area contributed by atoms with Gasteiger partial charge in [-0.3, -0.25) is 4.90 Å². The molecule has 0 aliphatic carbocycles. The molecule has 1 aliphatic rings. The first-order valence-corrected chi connectivity index (χ1v) is 5.43. The third-order valence-electron chi connectivity index (χ3n) is 2.68. The van der Waals surface area contributed by atoms with Crippen LogP contribution in [0.25, 0.3) is 0 Å². The van der Waals surface area contributed by atoms with Crippen molar-refractivity contribution in [3.8, 4) is 0 Å². The summed E-state index contributed by atoms with van der Waals surface area (Å²) in [6.45, 7) is 9.15. The topological polar surface area (TPSA) is 15.3 Å². The molecule has 0 radical (unpaired) electrons. The quantitative estimate of drug-likeness (QED) is 0.713. The summed E-state index contributed by atoms with van der Waals surface area (Å²) in [7, 11) is 0. The fourth-order valence-corrected chi connectivity index (χ4v) is 1.65. The van der Waals surface area contributed by atoms with Crippen molar-refractivity contribution in [3.63, 3.8) is 0 Å². The number of hydrogen-bond acceptors (Lipinski definition) is 2. The van der Waals surface area contributed by atoms with E-state index in [0.29, 0.717) is 0 Å². The van der Waals surface area contributed by atoms with Gasteiger partial charge in [-0.2, -0.15) is 0 Å². The molecule has 1 N–H and O–H groups in total. The van der Waals surface area contributed by atoms with Crippen LogP contribution in [-0.2, 0) is 0 Å². The molecule has 1 heterocycles. The first-order valence-electron chi connectivity index (χ1n) is 5.43. The largest absolute Gasteiger partial charge is 0.391 e. The smallest absolute Gasteiger partial charge is 0.0180 e. The average molecular weight is 182 g/mol. The summed E-state index contributed by atoms with van der Waals surface area (Å²) in [6, 6.07) is 0. The van der Waals surface area contributed by atoms with Gasteiger partial charge in [0.05, 0.1) is 0 Å². The average Bonchev–Trinajstić information content (AvgIpc) is 2.15. The molecule has 0 aromatic heterocycles. The van der Waals surface area contributed by atoms with E-state index in [0.717, 1.165) is 19.0 Å². The van der Waals surface area contributed by atoms with Crippen molar-refractivity contribution in [3.05, 3.63) is 12.3 Å².